The molecule has 4 aromatic rings. The summed E-state index contributed by atoms with van der Waals surface area (Å²) in [5.41, 5.74) is 3.98. The summed E-state index contributed by atoms with van der Waals surface area (Å²) in [6.45, 7) is 0.789. The maximum atomic E-state index is 13.4. The molecule has 1 aliphatic rings. The number of benzene rings is 3. The topological polar surface area (TPSA) is 51.2 Å². The minimum absolute atomic E-state index is 0.0492. The number of Topliss-reactive ketones (excluding diaryl/α,β-unsaturated/α-hetero) is 1. The van der Waals surface area contributed by atoms with Gasteiger partial charge < -0.3 is 10.1 Å². The van der Waals surface area contributed by atoms with Gasteiger partial charge in [0.2, 0.25) is 0 Å². The standard InChI is InChI=1S/C28H24F2N2O2/c29-21-9-5-18(6-10-21)28(19-7-11-22(30)12-8-19)34-16-15-31-26-14-13-25-23(27(26)33)17-20-3-1-2-4-24(20)32-25/h1-12,17,26,28,31H,13-16H2. The molecule has 34 heavy (non-hydrogen) atoms. The van der Waals surface area contributed by atoms with Gasteiger partial charge in [0.25, 0.3) is 0 Å². The highest BCUT2D eigenvalue weighted by Gasteiger charge is 2.28. The first-order valence-electron chi connectivity index (χ1n) is 11.4. The van der Waals surface area contributed by atoms with Crippen LogP contribution in [-0.2, 0) is 11.2 Å². The zero-order chi connectivity index (χ0) is 23.5. The number of halogens is 2. The molecule has 1 heterocycles. The number of pyridine rings is 1. The Hall–Kier alpha value is -3.48. The van der Waals surface area contributed by atoms with Crippen LogP contribution >= 0.6 is 0 Å². The number of rotatable bonds is 7. The van der Waals surface area contributed by atoms with Gasteiger partial charge in [-0.3, -0.25) is 9.78 Å². The second-order valence-electron chi connectivity index (χ2n) is 8.44. The number of carbonyl (C=O) groups is 1. The predicted molar refractivity (Wildman–Crippen MR) is 127 cm³/mol. The fraction of sp³-hybridized carbons (Fsp3) is 0.214. The van der Waals surface area contributed by atoms with E-state index >= 15 is 0 Å². The van der Waals surface area contributed by atoms with Crippen molar-refractivity contribution in [1.29, 1.82) is 0 Å². The molecule has 6 heteroatoms. The molecule has 0 spiro atoms. The van der Waals surface area contributed by atoms with E-state index in [9.17, 15) is 13.6 Å². The van der Waals surface area contributed by atoms with Crippen molar-refractivity contribution in [2.75, 3.05) is 13.2 Å². The molecule has 1 N–H and O–H groups in total. The zero-order valence-electron chi connectivity index (χ0n) is 18.5. The van der Waals surface area contributed by atoms with E-state index in [1.54, 1.807) is 24.3 Å². The summed E-state index contributed by atoms with van der Waals surface area (Å²) in [7, 11) is 0. The average Bonchev–Trinajstić information content (AvgIpc) is 2.86. The molecule has 4 nitrogen and oxygen atoms in total. The van der Waals surface area contributed by atoms with Crippen LogP contribution in [0.25, 0.3) is 10.9 Å². The highest BCUT2D eigenvalue weighted by atomic mass is 19.1. The van der Waals surface area contributed by atoms with E-state index in [4.69, 9.17) is 4.74 Å². The van der Waals surface area contributed by atoms with E-state index in [0.717, 1.165) is 34.1 Å². The number of aromatic nitrogens is 1. The molecule has 5 rings (SSSR count). The fourth-order valence-corrected chi connectivity index (χ4v) is 4.42. The van der Waals surface area contributed by atoms with Gasteiger partial charge in [-0.25, -0.2) is 8.78 Å². The number of hydrogen-bond acceptors (Lipinski definition) is 4. The van der Waals surface area contributed by atoms with Crippen molar-refractivity contribution in [2.24, 2.45) is 0 Å². The molecule has 1 aliphatic carbocycles. The first kappa shape index (κ1) is 22.3. The molecule has 0 fully saturated rings. The lowest BCUT2D eigenvalue weighted by molar-refractivity contribution is 0.0768. The molecule has 0 radical (unpaired) electrons. The Kier molecular flexibility index (Phi) is 6.43. The largest absolute Gasteiger partial charge is 0.367 e. The Morgan fingerprint density at radius 3 is 2.26 bits per heavy atom. The van der Waals surface area contributed by atoms with Gasteiger partial charge in [-0.15, -0.1) is 0 Å². The van der Waals surface area contributed by atoms with Gasteiger partial charge in [0.1, 0.15) is 17.7 Å². The Balaban J connectivity index is 1.24. The van der Waals surface area contributed by atoms with E-state index < -0.39 is 6.10 Å². The van der Waals surface area contributed by atoms with Crippen LogP contribution in [0.1, 0.15) is 39.7 Å². The molecule has 0 bridgehead atoms. The van der Waals surface area contributed by atoms with E-state index in [0.29, 0.717) is 25.1 Å². The number of ether oxygens (including phenoxy) is 1. The highest BCUT2D eigenvalue weighted by Crippen LogP contribution is 2.27. The summed E-state index contributed by atoms with van der Waals surface area (Å²) in [5.74, 6) is -0.614. The van der Waals surface area contributed by atoms with Crippen LogP contribution in [0.2, 0.25) is 0 Å². The summed E-state index contributed by atoms with van der Waals surface area (Å²) in [4.78, 5) is 17.8. The van der Waals surface area contributed by atoms with E-state index in [-0.39, 0.29) is 23.5 Å². The zero-order valence-corrected chi connectivity index (χ0v) is 18.5. The minimum Gasteiger partial charge on any atom is -0.367 e. The second-order valence-corrected chi connectivity index (χ2v) is 8.44. The Labute approximate surface area is 196 Å². The molecule has 172 valence electrons. The summed E-state index contributed by atoms with van der Waals surface area (Å²) < 4.78 is 32.9. The van der Waals surface area contributed by atoms with Crippen molar-refractivity contribution < 1.29 is 18.3 Å². The van der Waals surface area contributed by atoms with Gasteiger partial charge in [-0.1, -0.05) is 42.5 Å². The quantitative estimate of drug-likeness (QED) is 0.377. The Morgan fingerprint density at radius 1 is 0.941 bits per heavy atom. The third kappa shape index (κ3) is 4.74. The van der Waals surface area contributed by atoms with Crippen molar-refractivity contribution in [3.8, 4) is 0 Å². The average molecular weight is 459 g/mol. The normalized spacial score (nSPS) is 15.6. The van der Waals surface area contributed by atoms with Crippen molar-refractivity contribution in [3.05, 3.63) is 113 Å². The van der Waals surface area contributed by atoms with E-state index in [1.807, 2.05) is 30.3 Å². The fourth-order valence-electron chi connectivity index (χ4n) is 4.42. The maximum absolute atomic E-state index is 13.4. The van der Waals surface area contributed by atoms with Crippen molar-refractivity contribution >= 4 is 16.7 Å². The number of para-hydroxylation sites is 1. The Morgan fingerprint density at radius 2 is 1.59 bits per heavy atom. The maximum Gasteiger partial charge on any atom is 0.181 e. The monoisotopic (exact) mass is 458 g/mol. The number of aryl methyl sites for hydroxylation is 1. The highest BCUT2D eigenvalue weighted by molar-refractivity contribution is 6.04. The SMILES string of the molecule is O=C1c2cc3ccccc3nc2CCC1NCCOC(c1ccc(F)cc1)c1ccc(F)cc1. The minimum atomic E-state index is -0.471. The molecule has 1 unspecified atom stereocenters. The lowest BCUT2D eigenvalue weighted by Gasteiger charge is -2.25. The summed E-state index contributed by atoms with van der Waals surface area (Å²) in [5, 5.41) is 4.27. The van der Waals surface area contributed by atoms with Crippen LogP contribution in [0.3, 0.4) is 0 Å². The van der Waals surface area contributed by atoms with Gasteiger partial charge in [0.15, 0.2) is 5.78 Å². The summed E-state index contributed by atoms with van der Waals surface area (Å²) in [6, 6.07) is 21.6. The van der Waals surface area contributed by atoms with Crippen LogP contribution in [0, 0.1) is 11.6 Å². The van der Waals surface area contributed by atoms with Gasteiger partial charge in [-0.05, 0) is 60.4 Å². The molecule has 1 atom stereocenters. The van der Waals surface area contributed by atoms with Crippen LogP contribution in [0.4, 0.5) is 8.78 Å². The molecule has 1 aromatic heterocycles. The van der Waals surface area contributed by atoms with E-state index in [1.165, 1.54) is 24.3 Å². The molecular formula is C28H24F2N2O2. The molecular weight excluding hydrogens is 434 g/mol. The first-order chi connectivity index (χ1) is 16.6. The van der Waals surface area contributed by atoms with Crippen molar-refractivity contribution in [1.82, 2.24) is 10.3 Å². The number of nitrogens with one attached hydrogen (secondary N) is 1. The molecule has 0 aliphatic heterocycles. The number of hydrogen-bond donors (Lipinski definition) is 1. The molecule has 0 amide bonds. The molecule has 0 saturated heterocycles. The lowest BCUT2D eigenvalue weighted by Crippen LogP contribution is -2.42. The van der Waals surface area contributed by atoms with Crippen LogP contribution in [0.15, 0.2) is 78.9 Å². The summed E-state index contributed by atoms with van der Waals surface area (Å²) in [6.07, 6.45) is 0.940. The lowest BCUT2D eigenvalue weighted by atomic mass is 9.89. The predicted octanol–water partition coefficient (Wildman–Crippen LogP) is 5.41. The number of fused-ring (bicyclic) bond motifs is 2. The Bertz CT molecular complexity index is 1260. The van der Waals surface area contributed by atoms with Crippen LogP contribution < -0.4 is 5.32 Å². The van der Waals surface area contributed by atoms with Crippen LogP contribution in [0.5, 0.6) is 0 Å². The van der Waals surface area contributed by atoms with Crippen molar-refractivity contribution in [3.63, 3.8) is 0 Å². The third-order valence-electron chi connectivity index (χ3n) is 6.18. The third-order valence-corrected chi connectivity index (χ3v) is 6.18. The van der Waals surface area contributed by atoms with Gasteiger partial charge >= 0.3 is 0 Å². The number of ketones is 1. The van der Waals surface area contributed by atoms with Gasteiger partial charge in [0, 0.05) is 17.5 Å². The molecule has 0 saturated carbocycles. The second kappa shape index (κ2) is 9.79. The molecule has 3 aromatic carbocycles. The summed E-state index contributed by atoms with van der Waals surface area (Å²) >= 11 is 0. The first-order valence-corrected chi connectivity index (χ1v) is 11.4. The van der Waals surface area contributed by atoms with Crippen molar-refractivity contribution in [2.45, 2.75) is 25.0 Å². The van der Waals surface area contributed by atoms with E-state index in [2.05, 4.69) is 10.3 Å². The number of nitrogens with zero attached hydrogens (tertiary/aromatic N) is 1. The number of carbonyl (C=O) groups excluding carboxylic acids is 1. The van der Waals surface area contributed by atoms with Gasteiger partial charge in [0.05, 0.1) is 23.9 Å². The van der Waals surface area contributed by atoms with Crippen LogP contribution in [-0.4, -0.2) is 30.0 Å². The van der Waals surface area contributed by atoms with Gasteiger partial charge in [-0.2, -0.15) is 0 Å². The smallest absolute Gasteiger partial charge is 0.181 e.